The van der Waals surface area contributed by atoms with Gasteiger partial charge in [0.05, 0.1) is 22.7 Å². The second-order valence-electron chi connectivity index (χ2n) is 5.63. The smallest absolute Gasteiger partial charge is 0.341 e. The molecule has 1 fully saturated rings. The lowest BCUT2D eigenvalue weighted by Gasteiger charge is -2.26. The zero-order chi connectivity index (χ0) is 18.7. The van der Waals surface area contributed by atoms with Crippen LogP contribution in [-0.2, 0) is 17.4 Å². The van der Waals surface area contributed by atoms with Gasteiger partial charge in [0, 0.05) is 35.7 Å². The summed E-state index contributed by atoms with van der Waals surface area (Å²) in [4.78, 5) is 18.4. The molecule has 0 radical (unpaired) electrons. The summed E-state index contributed by atoms with van der Waals surface area (Å²) in [6.45, 7) is 1.48. The average Bonchev–Trinajstić information content (AvgIpc) is 3.03. The summed E-state index contributed by atoms with van der Waals surface area (Å²) >= 11 is 8.68. The predicted molar refractivity (Wildman–Crippen MR) is 99.5 cm³/mol. The molecule has 0 spiro atoms. The van der Waals surface area contributed by atoms with Crippen LogP contribution in [0.15, 0.2) is 23.6 Å². The molecule has 1 N–H and O–H groups in total. The Labute approximate surface area is 161 Å². The molecule has 0 atom stereocenters. The van der Waals surface area contributed by atoms with Crippen molar-refractivity contribution in [3.63, 3.8) is 0 Å². The zero-order valence-electron chi connectivity index (χ0n) is 13.5. The van der Waals surface area contributed by atoms with E-state index in [9.17, 15) is 18.0 Å². The fraction of sp³-hybridized carbons (Fsp3) is 0.375. The van der Waals surface area contributed by atoms with Crippen LogP contribution in [0.1, 0.15) is 11.3 Å². The maximum Gasteiger partial charge on any atom is 0.417 e. The van der Waals surface area contributed by atoms with Gasteiger partial charge >= 0.3 is 6.18 Å². The van der Waals surface area contributed by atoms with Gasteiger partial charge in [-0.25, -0.2) is 4.98 Å². The van der Waals surface area contributed by atoms with Gasteiger partial charge in [-0.2, -0.15) is 24.9 Å². The summed E-state index contributed by atoms with van der Waals surface area (Å²) in [6.07, 6.45) is -4.33. The van der Waals surface area contributed by atoms with E-state index in [1.165, 1.54) is 23.5 Å². The van der Waals surface area contributed by atoms with Gasteiger partial charge in [0.15, 0.2) is 5.13 Å². The highest BCUT2D eigenvalue weighted by molar-refractivity contribution is 7.99. The van der Waals surface area contributed by atoms with E-state index >= 15 is 0 Å². The summed E-state index contributed by atoms with van der Waals surface area (Å²) in [7, 11) is 0. The number of rotatable bonds is 4. The second kappa shape index (κ2) is 8.06. The molecule has 2 heterocycles. The van der Waals surface area contributed by atoms with Gasteiger partial charge in [-0.1, -0.05) is 11.6 Å². The molecule has 10 heteroatoms. The Kier molecular flexibility index (Phi) is 5.99. The lowest BCUT2D eigenvalue weighted by Crippen LogP contribution is -2.38. The molecule has 140 valence electrons. The normalized spacial score (nSPS) is 15.2. The van der Waals surface area contributed by atoms with Crippen LogP contribution in [0, 0.1) is 0 Å². The van der Waals surface area contributed by atoms with Crippen molar-refractivity contribution < 1.29 is 18.0 Å². The largest absolute Gasteiger partial charge is 0.417 e. The van der Waals surface area contributed by atoms with Crippen molar-refractivity contribution in [2.75, 3.05) is 29.9 Å². The van der Waals surface area contributed by atoms with Gasteiger partial charge in [-0.05, 0) is 18.2 Å². The number of thioether (sulfide) groups is 1. The van der Waals surface area contributed by atoms with Crippen LogP contribution in [-0.4, -0.2) is 40.4 Å². The third-order valence-electron chi connectivity index (χ3n) is 3.77. The third-order valence-corrected chi connectivity index (χ3v) is 5.85. The summed E-state index contributed by atoms with van der Waals surface area (Å²) in [5.74, 6) is 1.90. The van der Waals surface area contributed by atoms with E-state index in [0.717, 1.165) is 30.7 Å². The number of benzene rings is 1. The first-order valence-electron chi connectivity index (χ1n) is 7.76. The van der Waals surface area contributed by atoms with Crippen molar-refractivity contribution in [2.45, 2.75) is 12.6 Å². The molecular weight excluding hydrogens is 407 g/mol. The number of hydrogen-bond acceptors (Lipinski definition) is 5. The molecule has 0 bridgehead atoms. The third kappa shape index (κ3) is 4.83. The van der Waals surface area contributed by atoms with Crippen molar-refractivity contribution in [1.29, 1.82) is 0 Å². The second-order valence-corrected chi connectivity index (χ2v) is 8.12. The standard InChI is InChI=1S/C16H15ClF3N3OS2/c17-13-2-1-10(7-12(13)16(18,19)20)21-15-22-11(9-26-15)8-14(24)23-3-5-25-6-4-23/h1-2,7,9H,3-6,8H2,(H,21,22). The van der Waals surface area contributed by atoms with E-state index in [1.54, 1.807) is 5.38 Å². The molecule has 1 aliphatic heterocycles. The number of carbonyl (C=O) groups is 1. The molecule has 0 unspecified atom stereocenters. The predicted octanol–water partition coefficient (Wildman–Crippen LogP) is 4.68. The minimum Gasteiger partial charge on any atom is -0.341 e. The molecule has 2 aromatic rings. The van der Waals surface area contributed by atoms with Crippen molar-refractivity contribution in [2.24, 2.45) is 0 Å². The Morgan fingerprint density at radius 2 is 2.04 bits per heavy atom. The van der Waals surface area contributed by atoms with Crippen LogP contribution in [0.25, 0.3) is 0 Å². The van der Waals surface area contributed by atoms with Gasteiger partial charge < -0.3 is 10.2 Å². The number of nitrogens with zero attached hydrogens (tertiary/aromatic N) is 2. The molecule has 3 rings (SSSR count). The highest BCUT2D eigenvalue weighted by Gasteiger charge is 2.33. The topological polar surface area (TPSA) is 45.2 Å². The molecule has 26 heavy (non-hydrogen) atoms. The Morgan fingerprint density at radius 3 is 2.73 bits per heavy atom. The molecule has 1 aromatic carbocycles. The van der Waals surface area contributed by atoms with Gasteiger partial charge in [-0.15, -0.1) is 11.3 Å². The number of hydrogen-bond donors (Lipinski definition) is 1. The van der Waals surface area contributed by atoms with Gasteiger partial charge in [0.25, 0.3) is 0 Å². The maximum absolute atomic E-state index is 12.9. The van der Waals surface area contributed by atoms with E-state index in [4.69, 9.17) is 11.6 Å². The molecule has 1 amide bonds. The van der Waals surface area contributed by atoms with Gasteiger partial charge in [0.2, 0.25) is 5.91 Å². The molecule has 0 aliphatic carbocycles. The van der Waals surface area contributed by atoms with E-state index in [2.05, 4.69) is 10.3 Å². The number of amides is 1. The number of anilines is 2. The lowest BCUT2D eigenvalue weighted by molar-refractivity contribution is -0.137. The van der Waals surface area contributed by atoms with Crippen LogP contribution in [0.3, 0.4) is 0 Å². The molecule has 1 aliphatic rings. The van der Waals surface area contributed by atoms with Crippen molar-refractivity contribution >= 4 is 51.4 Å². The van der Waals surface area contributed by atoms with Crippen molar-refractivity contribution in [3.8, 4) is 0 Å². The number of halogens is 4. The van der Waals surface area contributed by atoms with Crippen LogP contribution in [0.4, 0.5) is 24.0 Å². The summed E-state index contributed by atoms with van der Waals surface area (Å²) in [5.41, 5.74) is -0.0631. The van der Waals surface area contributed by atoms with Crippen LogP contribution in [0.5, 0.6) is 0 Å². The Morgan fingerprint density at radius 1 is 1.31 bits per heavy atom. The minimum absolute atomic E-state index is 0.0213. The minimum atomic E-state index is -4.53. The van der Waals surface area contributed by atoms with E-state index in [0.29, 0.717) is 10.8 Å². The van der Waals surface area contributed by atoms with Crippen LogP contribution < -0.4 is 5.32 Å². The van der Waals surface area contributed by atoms with E-state index < -0.39 is 11.7 Å². The molecular formula is C16H15ClF3N3OS2. The Hall–Kier alpha value is -1.45. The summed E-state index contributed by atoms with van der Waals surface area (Å²) < 4.78 is 38.8. The van der Waals surface area contributed by atoms with Gasteiger partial charge in [0.1, 0.15) is 0 Å². The molecule has 1 saturated heterocycles. The Balaban J connectivity index is 1.66. The first kappa shape index (κ1) is 19.3. The van der Waals surface area contributed by atoms with E-state index in [-0.39, 0.29) is 23.0 Å². The zero-order valence-corrected chi connectivity index (χ0v) is 15.9. The summed E-state index contributed by atoms with van der Waals surface area (Å²) in [5, 5.41) is 4.65. The fourth-order valence-electron chi connectivity index (χ4n) is 2.47. The number of carbonyl (C=O) groups excluding carboxylic acids is 1. The maximum atomic E-state index is 12.9. The number of thiazole rings is 1. The Bertz CT molecular complexity index is 791. The van der Waals surface area contributed by atoms with Crippen LogP contribution >= 0.6 is 34.7 Å². The first-order valence-corrected chi connectivity index (χ1v) is 10.2. The van der Waals surface area contributed by atoms with Crippen molar-refractivity contribution in [3.05, 3.63) is 39.9 Å². The average molecular weight is 422 g/mol. The highest BCUT2D eigenvalue weighted by atomic mass is 35.5. The number of aromatic nitrogens is 1. The molecule has 4 nitrogen and oxygen atoms in total. The van der Waals surface area contributed by atoms with Gasteiger partial charge in [-0.3, -0.25) is 4.79 Å². The highest BCUT2D eigenvalue weighted by Crippen LogP contribution is 2.36. The SMILES string of the molecule is O=C(Cc1csc(Nc2ccc(Cl)c(C(F)(F)F)c2)n1)N1CCSCC1. The quantitative estimate of drug-likeness (QED) is 0.778. The van der Waals surface area contributed by atoms with E-state index in [1.807, 2.05) is 16.7 Å². The number of nitrogens with one attached hydrogen (secondary N) is 1. The number of alkyl halides is 3. The molecule has 0 saturated carbocycles. The van der Waals surface area contributed by atoms with Crippen molar-refractivity contribution in [1.82, 2.24) is 9.88 Å². The monoisotopic (exact) mass is 421 g/mol. The fourth-order valence-corrected chi connectivity index (χ4v) is 4.33. The lowest BCUT2D eigenvalue weighted by atomic mass is 10.2. The first-order chi connectivity index (χ1) is 12.3. The summed E-state index contributed by atoms with van der Waals surface area (Å²) in [6, 6.07) is 3.59. The molecule has 1 aromatic heterocycles. The van der Waals surface area contributed by atoms with Crippen LogP contribution in [0.2, 0.25) is 5.02 Å².